The standard InChI is InChI=1S/C15H19FN2O2/c1-20-15(19)10-2-5-13(16)14(8-10)17-11-6-7-18(9-11)12-3-4-12/h2,5,8,11-12,17H,3-4,6-7,9H2,1H3. The number of halogens is 1. The van der Waals surface area contributed by atoms with Crippen molar-refractivity contribution < 1.29 is 13.9 Å². The first-order valence-corrected chi connectivity index (χ1v) is 7.06. The minimum absolute atomic E-state index is 0.248. The monoisotopic (exact) mass is 278 g/mol. The van der Waals surface area contributed by atoms with Crippen molar-refractivity contribution in [2.75, 3.05) is 25.5 Å². The van der Waals surface area contributed by atoms with Gasteiger partial charge < -0.3 is 10.1 Å². The molecule has 1 atom stereocenters. The van der Waals surface area contributed by atoms with E-state index in [1.807, 2.05) is 0 Å². The summed E-state index contributed by atoms with van der Waals surface area (Å²) < 4.78 is 18.5. The smallest absolute Gasteiger partial charge is 0.337 e. The number of ether oxygens (including phenoxy) is 1. The molecular weight excluding hydrogens is 259 g/mol. The van der Waals surface area contributed by atoms with Crippen molar-refractivity contribution in [2.24, 2.45) is 0 Å². The van der Waals surface area contributed by atoms with E-state index in [4.69, 9.17) is 0 Å². The first kappa shape index (κ1) is 13.4. The van der Waals surface area contributed by atoms with Gasteiger partial charge >= 0.3 is 5.97 Å². The summed E-state index contributed by atoms with van der Waals surface area (Å²) in [7, 11) is 1.32. The van der Waals surface area contributed by atoms with Crippen LogP contribution in [0.5, 0.6) is 0 Å². The lowest BCUT2D eigenvalue weighted by Gasteiger charge is -2.17. The van der Waals surface area contributed by atoms with Crippen LogP contribution in [0.1, 0.15) is 29.6 Å². The quantitative estimate of drug-likeness (QED) is 0.858. The van der Waals surface area contributed by atoms with Crippen molar-refractivity contribution in [3.8, 4) is 0 Å². The Bertz CT molecular complexity index is 517. The fraction of sp³-hybridized carbons (Fsp3) is 0.533. The number of hydrogen-bond acceptors (Lipinski definition) is 4. The highest BCUT2D eigenvalue weighted by Gasteiger charge is 2.34. The number of nitrogens with one attached hydrogen (secondary N) is 1. The van der Waals surface area contributed by atoms with Gasteiger partial charge in [-0.25, -0.2) is 9.18 Å². The third-order valence-electron chi connectivity index (χ3n) is 4.03. The largest absolute Gasteiger partial charge is 0.465 e. The van der Waals surface area contributed by atoms with Crippen LogP contribution in [0.15, 0.2) is 18.2 Å². The molecule has 1 aromatic carbocycles. The van der Waals surface area contributed by atoms with E-state index in [1.54, 1.807) is 0 Å². The van der Waals surface area contributed by atoms with Gasteiger partial charge in [0.15, 0.2) is 0 Å². The molecule has 4 nitrogen and oxygen atoms in total. The Balaban J connectivity index is 1.68. The lowest BCUT2D eigenvalue weighted by molar-refractivity contribution is 0.0600. The van der Waals surface area contributed by atoms with E-state index >= 15 is 0 Å². The number of rotatable bonds is 4. The number of carbonyl (C=O) groups excluding carboxylic acids is 1. The van der Waals surface area contributed by atoms with Gasteiger partial charge in [-0.1, -0.05) is 0 Å². The molecule has 1 aliphatic carbocycles. The molecule has 108 valence electrons. The number of likely N-dealkylation sites (tertiary alicyclic amines) is 1. The number of methoxy groups -OCH3 is 1. The van der Waals surface area contributed by atoms with E-state index in [0.29, 0.717) is 11.3 Å². The van der Waals surface area contributed by atoms with Gasteiger partial charge in [-0.3, -0.25) is 4.90 Å². The summed E-state index contributed by atoms with van der Waals surface area (Å²) >= 11 is 0. The van der Waals surface area contributed by atoms with Crippen molar-refractivity contribution in [3.63, 3.8) is 0 Å². The second kappa shape index (κ2) is 5.40. The normalized spacial score (nSPS) is 22.8. The highest BCUT2D eigenvalue weighted by atomic mass is 19.1. The molecule has 0 aromatic heterocycles. The topological polar surface area (TPSA) is 41.6 Å². The molecule has 1 saturated heterocycles. The van der Waals surface area contributed by atoms with Crippen LogP contribution >= 0.6 is 0 Å². The van der Waals surface area contributed by atoms with Crippen molar-refractivity contribution in [1.29, 1.82) is 0 Å². The number of esters is 1. The van der Waals surface area contributed by atoms with E-state index in [2.05, 4.69) is 15.0 Å². The Morgan fingerprint density at radius 2 is 2.20 bits per heavy atom. The SMILES string of the molecule is COC(=O)c1ccc(F)c(NC2CCN(C3CC3)C2)c1. The molecule has 1 aliphatic heterocycles. The number of anilines is 1. The fourth-order valence-corrected chi connectivity index (χ4v) is 2.78. The molecule has 0 bridgehead atoms. The molecule has 20 heavy (non-hydrogen) atoms. The fourth-order valence-electron chi connectivity index (χ4n) is 2.78. The predicted octanol–water partition coefficient (Wildman–Crippen LogP) is 2.26. The molecule has 0 amide bonds. The molecule has 0 spiro atoms. The molecule has 3 rings (SSSR count). The maximum atomic E-state index is 13.8. The van der Waals surface area contributed by atoms with Crippen LogP contribution in [0.3, 0.4) is 0 Å². The maximum Gasteiger partial charge on any atom is 0.337 e. The highest BCUT2D eigenvalue weighted by molar-refractivity contribution is 5.90. The second-order valence-electron chi connectivity index (χ2n) is 5.54. The predicted molar refractivity (Wildman–Crippen MR) is 74.4 cm³/mol. The molecule has 2 fully saturated rings. The van der Waals surface area contributed by atoms with Gasteiger partial charge in [0, 0.05) is 25.2 Å². The van der Waals surface area contributed by atoms with Crippen molar-refractivity contribution >= 4 is 11.7 Å². The lowest BCUT2D eigenvalue weighted by Crippen LogP contribution is -2.28. The van der Waals surface area contributed by atoms with Gasteiger partial charge in [0.2, 0.25) is 0 Å². The van der Waals surface area contributed by atoms with Crippen LogP contribution < -0.4 is 5.32 Å². The first-order valence-electron chi connectivity index (χ1n) is 7.06. The third kappa shape index (κ3) is 2.77. The Morgan fingerprint density at radius 1 is 1.40 bits per heavy atom. The molecule has 1 N–H and O–H groups in total. The Hall–Kier alpha value is -1.62. The number of carbonyl (C=O) groups is 1. The van der Waals surface area contributed by atoms with Crippen LogP contribution in [-0.4, -0.2) is 43.2 Å². The lowest BCUT2D eigenvalue weighted by atomic mass is 10.1. The van der Waals surface area contributed by atoms with E-state index < -0.39 is 5.97 Å². The molecule has 1 heterocycles. The van der Waals surface area contributed by atoms with Crippen molar-refractivity contribution in [3.05, 3.63) is 29.6 Å². The maximum absolute atomic E-state index is 13.8. The van der Waals surface area contributed by atoms with Gasteiger partial charge in [-0.2, -0.15) is 0 Å². The van der Waals surface area contributed by atoms with E-state index in [1.165, 1.54) is 38.2 Å². The zero-order valence-electron chi connectivity index (χ0n) is 11.6. The van der Waals surface area contributed by atoms with Gasteiger partial charge in [0.05, 0.1) is 18.4 Å². The first-order chi connectivity index (χ1) is 9.67. The Labute approximate surface area is 117 Å². The van der Waals surface area contributed by atoms with Crippen LogP contribution in [0.4, 0.5) is 10.1 Å². The molecule has 2 aliphatic rings. The zero-order chi connectivity index (χ0) is 14.1. The van der Waals surface area contributed by atoms with E-state index in [0.717, 1.165) is 25.6 Å². The van der Waals surface area contributed by atoms with Gasteiger partial charge in [-0.05, 0) is 37.5 Å². The molecule has 1 unspecified atom stereocenters. The molecule has 5 heteroatoms. The molecular formula is C15H19FN2O2. The van der Waals surface area contributed by atoms with Crippen LogP contribution in [0.2, 0.25) is 0 Å². The van der Waals surface area contributed by atoms with Crippen LogP contribution in [0.25, 0.3) is 0 Å². The summed E-state index contributed by atoms with van der Waals surface area (Å²) in [6.45, 7) is 2.02. The third-order valence-corrected chi connectivity index (χ3v) is 4.03. The summed E-state index contributed by atoms with van der Waals surface area (Å²) in [4.78, 5) is 13.9. The summed E-state index contributed by atoms with van der Waals surface area (Å²) in [5.41, 5.74) is 0.754. The summed E-state index contributed by atoms with van der Waals surface area (Å²) in [5.74, 6) is -0.776. The second-order valence-corrected chi connectivity index (χ2v) is 5.54. The Kier molecular flexibility index (Phi) is 3.61. The minimum Gasteiger partial charge on any atom is -0.465 e. The van der Waals surface area contributed by atoms with E-state index in [9.17, 15) is 9.18 Å². The minimum atomic E-state index is -0.445. The average molecular weight is 278 g/mol. The summed E-state index contributed by atoms with van der Waals surface area (Å²) in [6, 6.07) is 5.27. The molecule has 0 radical (unpaired) electrons. The Morgan fingerprint density at radius 3 is 2.90 bits per heavy atom. The van der Waals surface area contributed by atoms with Crippen LogP contribution in [-0.2, 0) is 4.74 Å². The number of benzene rings is 1. The van der Waals surface area contributed by atoms with Crippen LogP contribution in [0, 0.1) is 5.82 Å². The van der Waals surface area contributed by atoms with Crippen molar-refractivity contribution in [2.45, 2.75) is 31.3 Å². The van der Waals surface area contributed by atoms with Gasteiger partial charge in [0.25, 0.3) is 0 Å². The summed E-state index contributed by atoms with van der Waals surface area (Å²) in [6.07, 6.45) is 3.59. The zero-order valence-corrected chi connectivity index (χ0v) is 11.6. The molecule has 1 saturated carbocycles. The number of hydrogen-bond donors (Lipinski definition) is 1. The highest BCUT2D eigenvalue weighted by Crippen LogP contribution is 2.31. The number of nitrogens with zero attached hydrogens (tertiary/aromatic N) is 1. The molecule has 1 aromatic rings. The van der Waals surface area contributed by atoms with Gasteiger partial charge in [0.1, 0.15) is 5.82 Å². The average Bonchev–Trinajstić information content (AvgIpc) is 3.21. The van der Waals surface area contributed by atoms with Crippen molar-refractivity contribution in [1.82, 2.24) is 4.90 Å². The van der Waals surface area contributed by atoms with E-state index in [-0.39, 0.29) is 11.9 Å². The van der Waals surface area contributed by atoms with Gasteiger partial charge in [-0.15, -0.1) is 0 Å². The summed E-state index contributed by atoms with van der Waals surface area (Å²) in [5, 5.41) is 3.22.